The summed E-state index contributed by atoms with van der Waals surface area (Å²) in [5.74, 6) is -1.53. The maximum Gasteiger partial charge on any atom is 0.472 e. The summed E-state index contributed by atoms with van der Waals surface area (Å²) in [5.41, 5.74) is 0. The van der Waals surface area contributed by atoms with Crippen molar-refractivity contribution in [2.75, 3.05) is 26.4 Å². The van der Waals surface area contributed by atoms with Gasteiger partial charge in [0.15, 0.2) is 11.9 Å². The van der Waals surface area contributed by atoms with Gasteiger partial charge < -0.3 is 29.3 Å². The summed E-state index contributed by atoms with van der Waals surface area (Å²) in [6, 6.07) is 0. The summed E-state index contributed by atoms with van der Waals surface area (Å²) in [7, 11) is -9.78. The molecular formula is C44H72O14P2. The van der Waals surface area contributed by atoms with Crippen molar-refractivity contribution < 1.29 is 66.3 Å². The van der Waals surface area contributed by atoms with Gasteiger partial charge in [-0.15, -0.1) is 0 Å². The first kappa shape index (κ1) is 57.0. The fourth-order valence-electron chi connectivity index (χ4n) is 4.95. The topological polar surface area (TPSA) is 212 Å². The normalized spacial score (nSPS) is 14.8. The first-order valence-electron chi connectivity index (χ1n) is 21.2. The molecule has 0 aliphatic rings. The van der Waals surface area contributed by atoms with E-state index in [9.17, 15) is 33.5 Å². The second-order valence-corrected chi connectivity index (χ2v) is 16.6. The zero-order chi connectivity index (χ0) is 44.6. The van der Waals surface area contributed by atoms with Crippen molar-refractivity contribution in [2.45, 2.75) is 148 Å². The molecule has 0 radical (unpaired) electrons. The molecule has 60 heavy (non-hydrogen) atoms. The lowest BCUT2D eigenvalue weighted by Gasteiger charge is -2.20. The number of hydrogen-bond acceptors (Lipinski definition) is 11. The molecule has 4 N–H and O–H groups in total. The Morgan fingerprint density at radius 3 is 1.57 bits per heavy atom. The van der Waals surface area contributed by atoms with Crippen LogP contribution in [0.3, 0.4) is 0 Å². The third-order valence-electron chi connectivity index (χ3n) is 8.22. The molecule has 16 heteroatoms. The molecule has 0 rings (SSSR count). The van der Waals surface area contributed by atoms with Crippen LogP contribution in [0.2, 0.25) is 0 Å². The molecule has 3 atom stereocenters. The third-order valence-corrected chi connectivity index (χ3v) is 9.66. The molecule has 0 bridgehead atoms. The maximum absolute atomic E-state index is 12.6. The molecule has 0 aliphatic heterocycles. The number of carbonyl (C=O) groups is 3. The van der Waals surface area contributed by atoms with E-state index in [2.05, 4.69) is 83.7 Å². The highest BCUT2D eigenvalue weighted by atomic mass is 31.2. The van der Waals surface area contributed by atoms with Gasteiger partial charge in [-0.25, -0.2) is 9.13 Å². The van der Waals surface area contributed by atoms with Gasteiger partial charge in [-0.05, 0) is 83.1 Å². The van der Waals surface area contributed by atoms with Crippen molar-refractivity contribution >= 4 is 33.4 Å². The Labute approximate surface area is 358 Å². The van der Waals surface area contributed by atoms with Gasteiger partial charge in [0.2, 0.25) is 0 Å². The number of allylic oxidation sites excluding steroid dienone is 14. The van der Waals surface area contributed by atoms with E-state index >= 15 is 0 Å². The number of ketones is 1. The number of carbonyl (C=O) groups excluding carboxylic acids is 3. The molecule has 0 aromatic carbocycles. The van der Waals surface area contributed by atoms with Crippen LogP contribution in [-0.4, -0.2) is 76.1 Å². The molecular weight excluding hydrogens is 814 g/mol. The van der Waals surface area contributed by atoms with Crippen LogP contribution in [0.1, 0.15) is 136 Å². The van der Waals surface area contributed by atoms with E-state index in [1.807, 2.05) is 6.08 Å². The molecule has 1 unspecified atom stereocenters. The molecule has 0 aromatic heterocycles. The number of unbranched alkanes of at least 4 members (excludes halogenated alkanes) is 8. The highest BCUT2D eigenvalue weighted by molar-refractivity contribution is 7.47. The molecule has 0 saturated heterocycles. The van der Waals surface area contributed by atoms with Gasteiger partial charge in [-0.3, -0.25) is 28.0 Å². The maximum atomic E-state index is 12.6. The summed E-state index contributed by atoms with van der Waals surface area (Å²) in [4.78, 5) is 64.9. The highest BCUT2D eigenvalue weighted by Crippen LogP contribution is 2.43. The molecule has 0 amide bonds. The van der Waals surface area contributed by atoms with Crippen molar-refractivity contribution in [3.05, 3.63) is 85.1 Å². The molecule has 14 nitrogen and oxygen atoms in total. The summed E-state index contributed by atoms with van der Waals surface area (Å²) in [6.45, 7) is 1.36. The molecule has 0 fully saturated rings. The zero-order valence-corrected chi connectivity index (χ0v) is 37.6. The van der Waals surface area contributed by atoms with E-state index in [0.29, 0.717) is 6.42 Å². The number of aliphatic hydroxyl groups is 1. The number of phosphoric ester groups is 2. The Morgan fingerprint density at radius 2 is 1.02 bits per heavy atom. The van der Waals surface area contributed by atoms with Gasteiger partial charge in [0.05, 0.1) is 19.8 Å². The van der Waals surface area contributed by atoms with Crippen molar-refractivity contribution in [1.82, 2.24) is 0 Å². The van der Waals surface area contributed by atoms with Gasteiger partial charge in [0.1, 0.15) is 12.7 Å². The number of phosphoric acid groups is 2. The minimum Gasteiger partial charge on any atom is -0.462 e. The highest BCUT2D eigenvalue weighted by Gasteiger charge is 2.28. The summed E-state index contributed by atoms with van der Waals surface area (Å²) < 4.78 is 47.4. The van der Waals surface area contributed by atoms with Gasteiger partial charge in [0.25, 0.3) is 0 Å². The standard InChI is InChI=1S/C44H72O14P2/c1-3-5-7-9-11-13-15-17-18-20-22-24-26-28-30-34-43(47)54-38-42(39-57-60(52,53)56-37-41(46)36-55-59(49,50)51)58-44(48)35-31-33-40(45)32-29-27-25-23-21-19-16-14-12-10-8-6-4-2/h11-14,17-19,21-22,24-25,27,29,32,41-42,46H,3-10,15-16,20,23,26,28,30-31,33-39H2,1-2H3,(H,52,53)(H2,49,50,51)/b13-11-,14-12-,18-17-,21-19-,24-22-,27-25-,32-29+/t41-,42+/m0/s1. The van der Waals surface area contributed by atoms with Crippen LogP contribution in [0.5, 0.6) is 0 Å². The molecule has 0 aliphatic carbocycles. The lowest BCUT2D eigenvalue weighted by Crippen LogP contribution is -2.30. The van der Waals surface area contributed by atoms with Crippen LogP contribution in [0.15, 0.2) is 85.1 Å². The van der Waals surface area contributed by atoms with Gasteiger partial charge in [0, 0.05) is 19.3 Å². The minimum absolute atomic E-state index is 0.0660. The van der Waals surface area contributed by atoms with Crippen LogP contribution < -0.4 is 0 Å². The van der Waals surface area contributed by atoms with Crippen molar-refractivity contribution in [1.29, 1.82) is 0 Å². The SMILES string of the molecule is CCCCC/C=C\C/C=C\C/C=C\C=C\C(=O)CCCC(=O)O[C@H](COC(=O)CCCC/C=C\C/C=C\C/C=C\CCCCC)COP(=O)(O)OC[C@@H](O)COP(=O)(O)O. The van der Waals surface area contributed by atoms with Gasteiger partial charge >= 0.3 is 27.6 Å². The Hall–Kier alpha value is -3.03. The van der Waals surface area contributed by atoms with Gasteiger partial charge in [-0.2, -0.15) is 0 Å². The zero-order valence-electron chi connectivity index (χ0n) is 35.8. The van der Waals surface area contributed by atoms with Crippen LogP contribution >= 0.6 is 15.6 Å². The fourth-order valence-corrected chi connectivity index (χ4v) is 6.11. The van der Waals surface area contributed by atoms with Crippen LogP contribution in [0.4, 0.5) is 0 Å². The predicted octanol–water partition coefficient (Wildman–Crippen LogP) is 9.96. The lowest BCUT2D eigenvalue weighted by atomic mass is 10.1. The predicted molar refractivity (Wildman–Crippen MR) is 235 cm³/mol. The Morgan fingerprint density at radius 1 is 0.533 bits per heavy atom. The smallest absolute Gasteiger partial charge is 0.462 e. The Bertz CT molecular complexity index is 1440. The minimum atomic E-state index is -4.90. The molecule has 0 aromatic rings. The molecule has 0 heterocycles. The third kappa shape index (κ3) is 41.7. The Kier molecular flexibility index (Phi) is 36.9. The average Bonchev–Trinajstić information content (AvgIpc) is 3.20. The summed E-state index contributed by atoms with van der Waals surface area (Å²) in [6.07, 6.45) is 40.2. The van der Waals surface area contributed by atoms with E-state index in [1.54, 1.807) is 12.2 Å². The number of hydrogen-bond donors (Lipinski definition) is 4. The number of aliphatic hydroxyl groups excluding tert-OH is 1. The van der Waals surface area contributed by atoms with E-state index in [0.717, 1.165) is 51.4 Å². The van der Waals surface area contributed by atoms with E-state index < -0.39 is 66.2 Å². The largest absolute Gasteiger partial charge is 0.472 e. The number of rotatable bonds is 39. The summed E-state index contributed by atoms with van der Waals surface area (Å²) in [5, 5.41) is 9.73. The van der Waals surface area contributed by atoms with E-state index in [-0.39, 0.29) is 31.5 Å². The lowest BCUT2D eigenvalue weighted by molar-refractivity contribution is -0.161. The van der Waals surface area contributed by atoms with Crippen molar-refractivity contribution in [3.8, 4) is 0 Å². The second kappa shape index (κ2) is 38.9. The molecule has 342 valence electrons. The first-order chi connectivity index (χ1) is 28.8. The van der Waals surface area contributed by atoms with Gasteiger partial charge in [-0.1, -0.05) is 119 Å². The number of esters is 2. The second-order valence-electron chi connectivity index (χ2n) is 13.9. The molecule has 0 spiro atoms. The van der Waals surface area contributed by atoms with Crippen LogP contribution in [-0.2, 0) is 46.6 Å². The first-order valence-corrected chi connectivity index (χ1v) is 24.3. The Balaban J connectivity index is 4.82. The monoisotopic (exact) mass is 886 g/mol. The van der Waals surface area contributed by atoms with E-state index in [1.165, 1.54) is 44.6 Å². The van der Waals surface area contributed by atoms with Crippen LogP contribution in [0, 0.1) is 0 Å². The number of ether oxygens (including phenoxy) is 2. The van der Waals surface area contributed by atoms with E-state index in [4.69, 9.17) is 23.8 Å². The van der Waals surface area contributed by atoms with Crippen molar-refractivity contribution in [2.24, 2.45) is 0 Å². The quantitative estimate of drug-likeness (QED) is 0.0113. The molecule has 0 saturated carbocycles. The average molecular weight is 887 g/mol. The van der Waals surface area contributed by atoms with Crippen molar-refractivity contribution in [3.63, 3.8) is 0 Å². The fraction of sp³-hybridized carbons (Fsp3) is 0.614. The summed E-state index contributed by atoms with van der Waals surface area (Å²) >= 11 is 0. The van der Waals surface area contributed by atoms with Crippen LogP contribution in [0.25, 0.3) is 0 Å².